The Morgan fingerprint density at radius 3 is 2.21 bits per heavy atom. The van der Waals surface area contributed by atoms with Crippen LogP contribution in [0.25, 0.3) is 31.6 Å². The van der Waals surface area contributed by atoms with Crippen molar-refractivity contribution in [3.05, 3.63) is 66.2 Å². The Kier molecular flexibility index (Phi) is 7.25. The topological polar surface area (TPSA) is 74.7 Å². The highest BCUT2D eigenvalue weighted by Crippen LogP contribution is 2.63. The fourth-order valence-corrected chi connectivity index (χ4v) is 6.83. The largest absolute Gasteiger partial charge is 0.465 e. The van der Waals surface area contributed by atoms with Gasteiger partial charge in [0.25, 0.3) is 0 Å². The molecule has 1 heterocycles. The van der Waals surface area contributed by atoms with E-state index in [9.17, 15) is 9.36 Å². The van der Waals surface area contributed by atoms with Crippen LogP contribution in [0.15, 0.2) is 60.7 Å². The first kappa shape index (κ1) is 23.6. The van der Waals surface area contributed by atoms with Gasteiger partial charge in [0.1, 0.15) is 5.01 Å². The summed E-state index contributed by atoms with van der Waals surface area (Å²) < 4.78 is 31.6. The van der Waals surface area contributed by atoms with Crippen molar-refractivity contribution in [1.82, 2.24) is 4.98 Å². The zero-order valence-corrected chi connectivity index (χ0v) is 20.5. The molecule has 0 saturated heterocycles. The molecule has 0 aliphatic heterocycles. The second-order valence-corrected chi connectivity index (χ2v) is 10.4. The number of carbonyl (C=O) groups is 1. The van der Waals surface area contributed by atoms with E-state index in [0.29, 0.717) is 11.1 Å². The van der Waals surface area contributed by atoms with Crippen LogP contribution in [-0.2, 0) is 23.1 Å². The number of nitrogens with zero attached hydrogens (tertiary/aromatic N) is 1. The number of benzene rings is 3. The van der Waals surface area contributed by atoms with Gasteiger partial charge < -0.3 is 13.8 Å². The molecular formula is C25H26NO5PS. The van der Waals surface area contributed by atoms with Gasteiger partial charge >= 0.3 is 13.6 Å². The minimum absolute atomic E-state index is 0.136. The first-order chi connectivity index (χ1) is 16.0. The van der Waals surface area contributed by atoms with E-state index < -0.39 is 19.2 Å². The van der Waals surface area contributed by atoms with Gasteiger partial charge in [-0.25, -0.2) is 4.98 Å². The third-order valence-corrected chi connectivity index (χ3v) is 8.61. The molecule has 4 rings (SSSR count). The molecule has 4 aromatic rings. The van der Waals surface area contributed by atoms with E-state index in [1.54, 1.807) is 20.8 Å². The van der Waals surface area contributed by atoms with Crippen molar-refractivity contribution in [2.45, 2.75) is 26.4 Å². The normalized spacial score (nSPS) is 12.8. The molecule has 0 saturated carbocycles. The van der Waals surface area contributed by atoms with E-state index in [1.165, 1.54) is 11.3 Å². The van der Waals surface area contributed by atoms with Gasteiger partial charge in [0.05, 0.1) is 30.0 Å². The summed E-state index contributed by atoms with van der Waals surface area (Å²) in [5.74, 6) is -0.639. The number of rotatable bonds is 9. The van der Waals surface area contributed by atoms with Crippen LogP contribution in [-0.4, -0.2) is 30.8 Å². The highest BCUT2D eigenvalue weighted by Gasteiger charge is 2.45. The van der Waals surface area contributed by atoms with Crippen LogP contribution in [0.4, 0.5) is 0 Å². The molecule has 0 bridgehead atoms. The van der Waals surface area contributed by atoms with E-state index in [4.69, 9.17) is 18.8 Å². The molecule has 0 aliphatic rings. The molecule has 0 spiro atoms. The average Bonchev–Trinajstić information content (AvgIpc) is 3.23. The number of hydrogen-bond acceptors (Lipinski definition) is 7. The van der Waals surface area contributed by atoms with E-state index in [2.05, 4.69) is 0 Å². The van der Waals surface area contributed by atoms with Gasteiger partial charge in [-0.05, 0) is 61.4 Å². The molecule has 172 valence electrons. The molecule has 33 heavy (non-hydrogen) atoms. The zero-order chi connectivity index (χ0) is 23.4. The zero-order valence-electron chi connectivity index (χ0n) is 18.8. The number of para-hydroxylation sites is 1. The third-order valence-electron chi connectivity index (χ3n) is 5.18. The lowest BCUT2D eigenvalue weighted by Gasteiger charge is -2.26. The minimum atomic E-state index is -3.89. The van der Waals surface area contributed by atoms with Crippen molar-refractivity contribution >= 4 is 45.9 Å². The molecule has 1 atom stereocenters. The van der Waals surface area contributed by atoms with Gasteiger partial charge in [0.2, 0.25) is 0 Å². The summed E-state index contributed by atoms with van der Waals surface area (Å²) in [4.78, 5) is 18.1. The molecule has 0 N–H and O–H groups in total. The first-order valence-corrected chi connectivity index (χ1v) is 13.4. The first-order valence-electron chi connectivity index (χ1n) is 10.9. The van der Waals surface area contributed by atoms with Gasteiger partial charge in [0, 0.05) is 5.56 Å². The molecular weight excluding hydrogens is 457 g/mol. The number of aromatic nitrogens is 1. The number of ether oxygens (including phenoxy) is 1. The molecule has 0 aliphatic carbocycles. The van der Waals surface area contributed by atoms with Crippen LogP contribution in [0.5, 0.6) is 0 Å². The van der Waals surface area contributed by atoms with Crippen molar-refractivity contribution < 1.29 is 23.1 Å². The molecule has 1 unspecified atom stereocenters. The summed E-state index contributed by atoms with van der Waals surface area (Å²) >= 11 is 1.52. The number of hydrogen-bond donors (Lipinski definition) is 0. The molecule has 1 aromatic heterocycles. The Hall–Kier alpha value is -2.57. The minimum Gasteiger partial charge on any atom is -0.465 e. The van der Waals surface area contributed by atoms with Crippen LogP contribution in [0.3, 0.4) is 0 Å². The molecule has 0 radical (unpaired) electrons. The summed E-state index contributed by atoms with van der Waals surface area (Å²) in [5, 5.41) is 2.62. The summed E-state index contributed by atoms with van der Waals surface area (Å²) in [6, 6.07) is 19.6. The lowest BCUT2D eigenvalue weighted by atomic mass is 9.98. The van der Waals surface area contributed by atoms with Gasteiger partial charge in [-0.1, -0.05) is 36.4 Å². The predicted octanol–water partition coefficient (Wildman–Crippen LogP) is 6.99. The van der Waals surface area contributed by atoms with E-state index in [1.807, 2.05) is 60.7 Å². The SMILES string of the molecule is CCOC(=O)C(c1cc2ccccc2cc1-c1nc2ccccc2s1)P(=O)(OCC)OCC. The number of fused-ring (bicyclic) bond motifs is 2. The standard InChI is InChI=1S/C25H26NO5PS/c1-4-29-25(27)23(32(28,30-5-2)31-6-3)19-15-17-11-7-8-12-18(17)16-20(19)24-26-21-13-9-10-14-22(21)33-24/h7-16,23H,4-6H2,1-3H3. The maximum Gasteiger partial charge on any atom is 0.349 e. The fourth-order valence-electron chi connectivity index (χ4n) is 3.85. The van der Waals surface area contributed by atoms with Gasteiger partial charge in [-0.3, -0.25) is 9.36 Å². The number of thiazole rings is 1. The number of carbonyl (C=O) groups excluding carboxylic acids is 1. The lowest BCUT2D eigenvalue weighted by Crippen LogP contribution is -2.20. The molecule has 0 fully saturated rings. The molecule has 3 aromatic carbocycles. The second-order valence-electron chi connectivity index (χ2n) is 7.30. The van der Waals surface area contributed by atoms with Crippen LogP contribution in [0, 0.1) is 0 Å². The smallest absolute Gasteiger partial charge is 0.349 e. The molecule has 0 amide bonds. The van der Waals surface area contributed by atoms with Crippen molar-refractivity contribution in [2.24, 2.45) is 0 Å². The van der Waals surface area contributed by atoms with Crippen molar-refractivity contribution in [3.63, 3.8) is 0 Å². The van der Waals surface area contributed by atoms with Gasteiger partial charge in [-0.2, -0.15) is 0 Å². The second kappa shape index (κ2) is 10.1. The fraction of sp³-hybridized carbons (Fsp3) is 0.280. The van der Waals surface area contributed by atoms with E-state index >= 15 is 0 Å². The summed E-state index contributed by atoms with van der Waals surface area (Å²) in [6.45, 7) is 5.59. The van der Waals surface area contributed by atoms with E-state index in [-0.39, 0.29) is 19.8 Å². The Morgan fingerprint density at radius 2 is 1.58 bits per heavy atom. The average molecular weight is 484 g/mol. The Labute approximate surface area is 197 Å². The van der Waals surface area contributed by atoms with Gasteiger partial charge in [0.15, 0.2) is 5.66 Å². The van der Waals surface area contributed by atoms with Crippen LogP contribution < -0.4 is 0 Å². The highest BCUT2D eigenvalue weighted by molar-refractivity contribution is 7.55. The van der Waals surface area contributed by atoms with E-state index in [0.717, 1.165) is 26.0 Å². The molecule has 6 nitrogen and oxygen atoms in total. The third kappa shape index (κ3) is 4.73. The van der Waals surface area contributed by atoms with Crippen LogP contribution in [0.2, 0.25) is 0 Å². The lowest BCUT2D eigenvalue weighted by molar-refractivity contribution is -0.143. The maximum absolute atomic E-state index is 14.0. The van der Waals surface area contributed by atoms with Crippen molar-refractivity contribution in [3.8, 4) is 10.6 Å². The number of esters is 1. The van der Waals surface area contributed by atoms with Crippen molar-refractivity contribution in [2.75, 3.05) is 19.8 Å². The van der Waals surface area contributed by atoms with Crippen LogP contribution >= 0.6 is 18.9 Å². The molecule has 8 heteroatoms. The quantitative estimate of drug-likeness (QED) is 0.189. The Morgan fingerprint density at radius 1 is 0.939 bits per heavy atom. The van der Waals surface area contributed by atoms with Crippen molar-refractivity contribution in [1.29, 1.82) is 0 Å². The Balaban J connectivity index is 2.01. The predicted molar refractivity (Wildman–Crippen MR) is 133 cm³/mol. The van der Waals surface area contributed by atoms with Crippen LogP contribution in [0.1, 0.15) is 32.0 Å². The van der Waals surface area contributed by atoms with Gasteiger partial charge in [-0.15, -0.1) is 11.3 Å². The Bertz CT molecular complexity index is 1290. The summed E-state index contributed by atoms with van der Waals surface area (Å²) in [6.07, 6.45) is 0. The monoisotopic (exact) mass is 483 g/mol. The highest BCUT2D eigenvalue weighted by atomic mass is 32.1. The summed E-state index contributed by atoms with van der Waals surface area (Å²) in [7, 11) is -3.89. The maximum atomic E-state index is 14.0. The summed E-state index contributed by atoms with van der Waals surface area (Å²) in [5.41, 5.74) is 0.870.